The smallest absolute Gasteiger partial charge is 0.137 e. The fraction of sp³-hybridized carbons (Fsp3) is 0.312. The van der Waals surface area contributed by atoms with Crippen molar-refractivity contribution in [2.75, 3.05) is 26.3 Å². The molecule has 0 aliphatic carbocycles. The van der Waals surface area contributed by atoms with E-state index >= 15 is 0 Å². The Hall–Kier alpha value is -4.34. The van der Waals surface area contributed by atoms with Gasteiger partial charge in [-0.25, -0.2) is 0 Å². The van der Waals surface area contributed by atoms with Crippen LogP contribution in [0.3, 0.4) is 0 Å². The van der Waals surface area contributed by atoms with Crippen molar-refractivity contribution in [3.63, 3.8) is 0 Å². The van der Waals surface area contributed by atoms with Crippen LogP contribution in [0.1, 0.15) is 30.5 Å². The highest BCUT2D eigenvalue weighted by Crippen LogP contribution is 2.27. The molecule has 0 aliphatic heterocycles. The second-order valence-corrected chi connectivity index (χ2v) is 10.4. The molecular formula is C32H34N4O4. The Labute approximate surface area is 234 Å². The Balaban J connectivity index is 1.48. The first kappa shape index (κ1) is 28.7. The molecule has 8 nitrogen and oxygen atoms in total. The molecule has 0 aliphatic rings. The van der Waals surface area contributed by atoms with Gasteiger partial charge in [-0.15, -0.1) is 0 Å². The number of ether oxygens (including phenoxy) is 2. The number of nitrogens with zero attached hydrogens (tertiary/aromatic N) is 3. The summed E-state index contributed by atoms with van der Waals surface area (Å²) in [6, 6.07) is 26.1. The second-order valence-electron chi connectivity index (χ2n) is 10.4. The monoisotopic (exact) mass is 538 g/mol. The highest BCUT2D eigenvalue weighted by atomic mass is 16.5. The van der Waals surface area contributed by atoms with E-state index in [1.54, 1.807) is 48.5 Å². The maximum Gasteiger partial charge on any atom is 0.137 e. The van der Waals surface area contributed by atoms with Gasteiger partial charge in [0.05, 0.1) is 11.1 Å². The SMILES string of the molecule is CC(C)(Cc1c[nH]c2ccccc12)N(CC(O)COc1ccccc1C#N)CC(O)COc1ccccc1C#N. The Morgan fingerprint density at radius 3 is 1.85 bits per heavy atom. The minimum atomic E-state index is -0.888. The van der Waals surface area contributed by atoms with Crippen molar-refractivity contribution < 1.29 is 19.7 Å². The van der Waals surface area contributed by atoms with Crippen LogP contribution in [0.15, 0.2) is 79.0 Å². The highest BCUT2D eigenvalue weighted by molar-refractivity contribution is 5.83. The van der Waals surface area contributed by atoms with Crippen LogP contribution in [-0.4, -0.2) is 64.1 Å². The molecule has 0 fully saturated rings. The van der Waals surface area contributed by atoms with Crippen LogP contribution in [0, 0.1) is 22.7 Å². The molecule has 4 rings (SSSR count). The summed E-state index contributed by atoms with van der Waals surface area (Å²) in [5.74, 6) is 0.830. The summed E-state index contributed by atoms with van der Waals surface area (Å²) in [6.45, 7) is 4.56. The van der Waals surface area contributed by atoms with Crippen molar-refractivity contribution in [3.8, 4) is 23.6 Å². The van der Waals surface area contributed by atoms with Crippen molar-refractivity contribution in [2.24, 2.45) is 0 Å². The van der Waals surface area contributed by atoms with E-state index in [9.17, 15) is 20.7 Å². The minimum absolute atomic E-state index is 0.0134. The molecule has 8 heteroatoms. The van der Waals surface area contributed by atoms with E-state index in [4.69, 9.17) is 9.47 Å². The quantitative estimate of drug-likeness (QED) is 0.230. The molecule has 1 aromatic heterocycles. The first-order valence-corrected chi connectivity index (χ1v) is 13.2. The molecule has 4 aromatic rings. The summed E-state index contributed by atoms with van der Waals surface area (Å²) in [7, 11) is 0. The van der Waals surface area contributed by atoms with Crippen LogP contribution in [0.2, 0.25) is 0 Å². The number of aliphatic hydroxyl groups excluding tert-OH is 2. The third-order valence-electron chi connectivity index (χ3n) is 6.89. The topological polar surface area (TPSA) is 126 Å². The van der Waals surface area contributed by atoms with Crippen molar-refractivity contribution in [1.82, 2.24) is 9.88 Å². The van der Waals surface area contributed by atoms with Crippen LogP contribution in [0.25, 0.3) is 10.9 Å². The van der Waals surface area contributed by atoms with Gasteiger partial charge in [0.25, 0.3) is 0 Å². The highest BCUT2D eigenvalue weighted by Gasteiger charge is 2.31. The molecule has 0 bridgehead atoms. The van der Waals surface area contributed by atoms with Gasteiger partial charge in [0, 0.05) is 35.7 Å². The summed E-state index contributed by atoms with van der Waals surface area (Å²) in [4.78, 5) is 5.35. The van der Waals surface area contributed by atoms with Gasteiger partial charge in [0.15, 0.2) is 0 Å². The molecule has 2 unspecified atom stereocenters. The summed E-state index contributed by atoms with van der Waals surface area (Å²) in [5.41, 5.74) is 2.51. The minimum Gasteiger partial charge on any atom is -0.489 e. The number of aliphatic hydroxyl groups is 2. The summed E-state index contributed by atoms with van der Waals surface area (Å²) >= 11 is 0. The molecule has 206 valence electrons. The Kier molecular flexibility index (Phi) is 9.42. The number of hydrogen-bond acceptors (Lipinski definition) is 7. The number of fused-ring (bicyclic) bond motifs is 1. The van der Waals surface area contributed by atoms with Gasteiger partial charge < -0.3 is 24.7 Å². The summed E-state index contributed by atoms with van der Waals surface area (Å²) in [5, 5.41) is 41.8. The second kappa shape index (κ2) is 13.1. The maximum absolute atomic E-state index is 11.0. The number of hydrogen-bond donors (Lipinski definition) is 3. The van der Waals surface area contributed by atoms with Gasteiger partial charge in [-0.2, -0.15) is 10.5 Å². The first-order valence-electron chi connectivity index (χ1n) is 13.2. The predicted octanol–water partition coefficient (Wildman–Crippen LogP) is 4.41. The van der Waals surface area contributed by atoms with E-state index in [0.29, 0.717) is 29.0 Å². The lowest BCUT2D eigenvalue weighted by molar-refractivity contribution is -0.00967. The number of H-pyrrole nitrogens is 1. The molecule has 40 heavy (non-hydrogen) atoms. The van der Waals surface area contributed by atoms with E-state index < -0.39 is 17.7 Å². The largest absolute Gasteiger partial charge is 0.489 e. The van der Waals surface area contributed by atoms with Gasteiger partial charge in [-0.3, -0.25) is 4.90 Å². The number of benzene rings is 3. The van der Waals surface area contributed by atoms with Crippen LogP contribution < -0.4 is 9.47 Å². The van der Waals surface area contributed by atoms with Gasteiger partial charge in [0.2, 0.25) is 0 Å². The molecule has 0 saturated heterocycles. The number of rotatable bonds is 13. The number of nitrogens with one attached hydrogen (secondary N) is 1. The number of aromatic amines is 1. The molecule has 3 N–H and O–H groups in total. The zero-order valence-electron chi connectivity index (χ0n) is 22.7. The third kappa shape index (κ3) is 7.19. The summed E-state index contributed by atoms with van der Waals surface area (Å²) < 4.78 is 11.6. The fourth-order valence-electron chi connectivity index (χ4n) is 4.78. The van der Waals surface area contributed by atoms with Gasteiger partial charge in [0.1, 0.15) is 49.1 Å². The van der Waals surface area contributed by atoms with Crippen molar-refractivity contribution in [3.05, 3.63) is 95.7 Å². The van der Waals surface area contributed by atoms with Crippen molar-refractivity contribution in [2.45, 2.75) is 38.0 Å². The third-order valence-corrected chi connectivity index (χ3v) is 6.89. The molecular weight excluding hydrogens is 504 g/mol. The van der Waals surface area contributed by atoms with Crippen LogP contribution >= 0.6 is 0 Å². The van der Waals surface area contributed by atoms with E-state index in [1.165, 1.54) is 0 Å². The molecule has 0 spiro atoms. The van der Waals surface area contributed by atoms with Crippen molar-refractivity contribution >= 4 is 10.9 Å². The maximum atomic E-state index is 11.0. The average Bonchev–Trinajstić information content (AvgIpc) is 3.36. The normalized spacial score (nSPS) is 13.0. The number of nitriles is 2. The zero-order chi connectivity index (χ0) is 28.5. The van der Waals surface area contributed by atoms with Gasteiger partial charge in [-0.1, -0.05) is 42.5 Å². The molecule has 0 radical (unpaired) electrons. The Morgan fingerprint density at radius 2 is 1.30 bits per heavy atom. The first-order chi connectivity index (χ1) is 19.3. The standard InChI is InChI=1S/C32H34N4O4/c1-32(2,15-25-18-35-29-12-6-5-11-28(25)29)36(19-26(37)21-39-30-13-7-3-9-23(30)16-33)20-27(38)22-40-31-14-8-4-10-24(31)17-34/h3-14,18,26-27,35,37-38H,15,19-22H2,1-2H3. The average molecular weight is 539 g/mol. The lowest BCUT2D eigenvalue weighted by Gasteiger charge is -2.41. The Bertz CT molecular complexity index is 1430. The Morgan fingerprint density at radius 1 is 0.800 bits per heavy atom. The van der Waals surface area contributed by atoms with E-state index in [0.717, 1.165) is 16.5 Å². The molecule has 0 amide bonds. The van der Waals surface area contributed by atoms with Crippen LogP contribution in [0.5, 0.6) is 11.5 Å². The van der Waals surface area contributed by atoms with E-state index in [1.807, 2.05) is 29.3 Å². The summed E-state index contributed by atoms with van der Waals surface area (Å²) in [6.07, 6.45) is 0.886. The molecule has 3 aromatic carbocycles. The van der Waals surface area contributed by atoms with E-state index in [2.05, 4.69) is 37.0 Å². The van der Waals surface area contributed by atoms with Gasteiger partial charge >= 0.3 is 0 Å². The lowest BCUT2D eigenvalue weighted by atomic mass is 9.91. The molecule has 0 saturated carbocycles. The van der Waals surface area contributed by atoms with Gasteiger partial charge in [-0.05, 0) is 56.2 Å². The zero-order valence-corrected chi connectivity index (χ0v) is 22.7. The molecule has 1 heterocycles. The van der Waals surface area contributed by atoms with E-state index in [-0.39, 0.29) is 26.3 Å². The molecule has 2 atom stereocenters. The van der Waals surface area contributed by atoms with Crippen LogP contribution in [0.4, 0.5) is 0 Å². The van der Waals surface area contributed by atoms with Crippen molar-refractivity contribution in [1.29, 1.82) is 10.5 Å². The lowest BCUT2D eigenvalue weighted by Crippen LogP contribution is -2.53. The predicted molar refractivity (Wildman–Crippen MR) is 153 cm³/mol. The van der Waals surface area contributed by atoms with Crippen LogP contribution in [-0.2, 0) is 6.42 Å². The number of para-hydroxylation sites is 3. The fourth-order valence-corrected chi connectivity index (χ4v) is 4.78. The number of β-amino-alcohol motifs (C(OH)–C–C–N with tert-alkyl or cyclic N) is 2. The number of aromatic nitrogens is 1.